The van der Waals surface area contributed by atoms with Gasteiger partial charge in [-0.25, -0.2) is 4.39 Å². The molecule has 4 heteroatoms. The summed E-state index contributed by atoms with van der Waals surface area (Å²) in [6.07, 6.45) is 5.24. The Kier molecular flexibility index (Phi) is 7.47. The van der Waals surface area contributed by atoms with Crippen molar-refractivity contribution in [2.45, 2.75) is 44.7 Å². The van der Waals surface area contributed by atoms with E-state index in [0.717, 1.165) is 18.1 Å². The van der Waals surface area contributed by atoms with Gasteiger partial charge in [-0.3, -0.25) is 0 Å². The van der Waals surface area contributed by atoms with Gasteiger partial charge >= 0.3 is 0 Å². The molecule has 0 aliphatic carbocycles. The van der Waals surface area contributed by atoms with Gasteiger partial charge in [0.05, 0.1) is 15.4 Å². The van der Waals surface area contributed by atoms with E-state index >= 15 is 0 Å². The first-order valence-electron chi connectivity index (χ1n) is 10.2. The molecule has 1 fully saturated rings. The predicted octanol–water partition coefficient (Wildman–Crippen LogP) is 5.16. The summed E-state index contributed by atoms with van der Waals surface area (Å²) in [5.74, 6) is 1.26. The molecule has 0 spiro atoms. The van der Waals surface area contributed by atoms with Crippen LogP contribution in [0.15, 0.2) is 42.5 Å². The molecule has 0 aromatic heterocycles. The first-order chi connectivity index (χ1) is 13.2. The third kappa shape index (κ3) is 5.42. The number of hydrogen-bond acceptors (Lipinski definition) is 2. The van der Waals surface area contributed by atoms with Crippen molar-refractivity contribution in [2.24, 2.45) is 5.92 Å². The Bertz CT molecular complexity index is 709. The zero-order valence-electron chi connectivity index (χ0n) is 16.5. The molecular weight excluding hydrogens is 355 g/mol. The Balaban J connectivity index is 1.60. The maximum absolute atomic E-state index is 14.4. The van der Waals surface area contributed by atoms with Crippen molar-refractivity contribution in [3.8, 4) is 16.9 Å². The number of methoxy groups -OCH3 is 1. The van der Waals surface area contributed by atoms with E-state index in [2.05, 4.69) is 24.3 Å². The molecule has 2 nitrogen and oxygen atoms in total. The van der Waals surface area contributed by atoms with Gasteiger partial charge in [-0.1, -0.05) is 54.4 Å². The van der Waals surface area contributed by atoms with Gasteiger partial charge in [-0.15, -0.1) is 0 Å². The molecule has 0 radical (unpaired) electrons. The second-order valence-corrected chi connectivity index (χ2v) is 10.8. The van der Waals surface area contributed by atoms with Crippen molar-refractivity contribution in [3.63, 3.8) is 0 Å². The van der Waals surface area contributed by atoms with Gasteiger partial charge in [0.1, 0.15) is 11.6 Å². The van der Waals surface area contributed by atoms with Crippen molar-refractivity contribution < 1.29 is 13.9 Å². The van der Waals surface area contributed by atoms with Crippen molar-refractivity contribution in [1.29, 1.82) is 0 Å². The topological polar surface area (TPSA) is 18.5 Å². The Morgan fingerprint density at radius 1 is 1.07 bits per heavy atom. The normalized spacial score (nSPS) is 19.8. The van der Waals surface area contributed by atoms with Crippen LogP contribution in [-0.4, -0.2) is 29.1 Å². The molecule has 0 atom stereocenters. The number of halogens is 1. The molecule has 0 N–H and O–H groups in total. The molecule has 0 amide bonds. The molecule has 0 bridgehead atoms. The van der Waals surface area contributed by atoms with Gasteiger partial charge in [0.2, 0.25) is 0 Å². The highest BCUT2D eigenvalue weighted by Crippen LogP contribution is 2.30. The van der Waals surface area contributed by atoms with Crippen molar-refractivity contribution >= 4 is 14.0 Å². The molecule has 0 saturated carbocycles. The third-order valence-electron chi connectivity index (χ3n) is 5.75. The van der Waals surface area contributed by atoms with Crippen LogP contribution in [0.4, 0.5) is 4.39 Å². The van der Waals surface area contributed by atoms with E-state index in [-0.39, 0.29) is 5.82 Å². The molecule has 1 aliphatic heterocycles. The molecule has 146 valence electrons. The van der Waals surface area contributed by atoms with Gasteiger partial charge < -0.3 is 9.47 Å². The standard InChI is InChI=1S/C23H31FO2Si/c1-3-26-20-8-11-22(23(24)17-20)19-6-9-21(10-7-19)27-15-12-18(13-16-27)5-4-14-25-2/h6-11,17-18,27H,3-5,12-16H2,1-2H3/t18-,27-. The SMILES string of the molecule is CCOc1ccc(-c2ccc([Si@H]3CC[C@H](CCCOC)CC3)cc2)c(F)c1. The summed E-state index contributed by atoms with van der Waals surface area (Å²) >= 11 is 0. The van der Waals surface area contributed by atoms with Gasteiger partial charge in [0, 0.05) is 25.3 Å². The molecular formula is C23H31FO2Si. The Morgan fingerprint density at radius 2 is 1.81 bits per heavy atom. The Morgan fingerprint density at radius 3 is 2.44 bits per heavy atom. The van der Waals surface area contributed by atoms with Crippen molar-refractivity contribution in [1.82, 2.24) is 0 Å². The maximum Gasteiger partial charge on any atom is 0.134 e. The molecule has 27 heavy (non-hydrogen) atoms. The van der Waals surface area contributed by atoms with Crippen LogP contribution >= 0.6 is 0 Å². The molecule has 1 aliphatic rings. The first-order valence-corrected chi connectivity index (χ1v) is 12.4. The highest BCUT2D eigenvalue weighted by Gasteiger charge is 2.23. The second kappa shape index (κ2) is 10.0. The summed E-state index contributed by atoms with van der Waals surface area (Å²) in [6.45, 7) is 3.34. The lowest BCUT2D eigenvalue weighted by Crippen LogP contribution is -2.33. The van der Waals surface area contributed by atoms with Crippen LogP contribution in [0.2, 0.25) is 12.1 Å². The van der Waals surface area contributed by atoms with Gasteiger partial charge in [-0.05, 0) is 43.4 Å². The van der Waals surface area contributed by atoms with Crippen LogP contribution in [-0.2, 0) is 4.74 Å². The molecule has 1 heterocycles. The number of hydrogen-bond donors (Lipinski definition) is 0. The van der Waals surface area contributed by atoms with Gasteiger partial charge in [0.15, 0.2) is 0 Å². The Labute approximate surface area is 164 Å². The monoisotopic (exact) mass is 386 g/mol. The Hall–Kier alpha value is -1.65. The molecule has 2 aromatic carbocycles. The van der Waals surface area contributed by atoms with E-state index in [1.165, 1.54) is 49.0 Å². The van der Waals surface area contributed by atoms with E-state index < -0.39 is 8.80 Å². The third-order valence-corrected chi connectivity index (χ3v) is 9.14. The average molecular weight is 387 g/mol. The number of benzene rings is 2. The average Bonchev–Trinajstić information content (AvgIpc) is 2.69. The smallest absolute Gasteiger partial charge is 0.134 e. The minimum Gasteiger partial charge on any atom is -0.494 e. The highest BCUT2D eigenvalue weighted by atomic mass is 28.3. The minimum atomic E-state index is -0.853. The van der Waals surface area contributed by atoms with Crippen LogP contribution in [0.1, 0.15) is 32.6 Å². The molecule has 3 rings (SSSR count). The lowest BCUT2D eigenvalue weighted by Gasteiger charge is -2.28. The van der Waals surface area contributed by atoms with Crippen LogP contribution in [0.5, 0.6) is 5.75 Å². The summed E-state index contributed by atoms with van der Waals surface area (Å²) in [5.41, 5.74) is 1.59. The van der Waals surface area contributed by atoms with E-state index in [4.69, 9.17) is 9.47 Å². The van der Waals surface area contributed by atoms with Crippen LogP contribution in [0, 0.1) is 11.7 Å². The summed E-state index contributed by atoms with van der Waals surface area (Å²) < 4.78 is 25.0. The molecule has 1 saturated heterocycles. The fourth-order valence-corrected chi connectivity index (χ4v) is 7.66. The highest BCUT2D eigenvalue weighted by molar-refractivity contribution is 6.73. The molecule has 2 aromatic rings. The second-order valence-electron chi connectivity index (χ2n) is 7.55. The largest absolute Gasteiger partial charge is 0.494 e. The predicted molar refractivity (Wildman–Crippen MR) is 113 cm³/mol. The first kappa shape index (κ1) is 20.1. The minimum absolute atomic E-state index is 0.220. The van der Waals surface area contributed by atoms with Crippen molar-refractivity contribution in [2.75, 3.05) is 20.3 Å². The maximum atomic E-state index is 14.4. The van der Waals surface area contributed by atoms with Crippen LogP contribution < -0.4 is 9.92 Å². The van der Waals surface area contributed by atoms with E-state index in [1.54, 1.807) is 7.11 Å². The summed E-state index contributed by atoms with van der Waals surface area (Å²) in [6, 6.07) is 16.6. The lowest BCUT2D eigenvalue weighted by molar-refractivity contribution is 0.185. The van der Waals surface area contributed by atoms with Gasteiger partial charge in [0.25, 0.3) is 0 Å². The number of rotatable bonds is 8. The van der Waals surface area contributed by atoms with Crippen LogP contribution in [0.3, 0.4) is 0 Å². The zero-order valence-corrected chi connectivity index (χ0v) is 17.7. The quantitative estimate of drug-likeness (QED) is 0.461. The number of ether oxygens (including phenoxy) is 2. The summed E-state index contributed by atoms with van der Waals surface area (Å²) in [4.78, 5) is 0. The van der Waals surface area contributed by atoms with Crippen molar-refractivity contribution in [3.05, 3.63) is 48.3 Å². The summed E-state index contributed by atoms with van der Waals surface area (Å²) in [5, 5.41) is 1.53. The van der Waals surface area contributed by atoms with E-state index in [0.29, 0.717) is 17.9 Å². The van der Waals surface area contributed by atoms with Gasteiger partial charge in [-0.2, -0.15) is 0 Å². The van der Waals surface area contributed by atoms with E-state index in [1.807, 2.05) is 19.1 Å². The van der Waals surface area contributed by atoms with Crippen LogP contribution in [0.25, 0.3) is 11.1 Å². The summed E-state index contributed by atoms with van der Waals surface area (Å²) in [7, 11) is 0.931. The fourth-order valence-electron chi connectivity index (χ4n) is 4.22. The fraction of sp³-hybridized carbons (Fsp3) is 0.478. The lowest BCUT2D eigenvalue weighted by atomic mass is 9.97. The molecule has 0 unspecified atom stereocenters. The van der Waals surface area contributed by atoms with E-state index in [9.17, 15) is 4.39 Å². The zero-order chi connectivity index (χ0) is 19.1.